The van der Waals surface area contributed by atoms with Gasteiger partial charge in [0.1, 0.15) is 17.1 Å². The smallest absolute Gasteiger partial charge is 0.191 e. The number of nitrogens with one attached hydrogen (secondary N) is 2. The largest absolute Gasteiger partial charge is 0.463 e. The van der Waals surface area contributed by atoms with Gasteiger partial charge in [-0.2, -0.15) is 0 Å². The summed E-state index contributed by atoms with van der Waals surface area (Å²) in [5.74, 6) is 2.04. The molecule has 2 aromatic heterocycles. The predicted octanol–water partition coefficient (Wildman–Crippen LogP) is 3.94. The fourth-order valence-electron chi connectivity index (χ4n) is 3.34. The van der Waals surface area contributed by atoms with E-state index in [1.54, 1.807) is 13.0 Å². The molecule has 3 N–H and O–H groups in total. The van der Waals surface area contributed by atoms with Gasteiger partial charge in [0.2, 0.25) is 0 Å². The normalized spacial score (nSPS) is 15.9. The van der Waals surface area contributed by atoms with Crippen LogP contribution in [0.25, 0.3) is 0 Å². The highest BCUT2D eigenvalue weighted by atomic mass is 127. The van der Waals surface area contributed by atoms with E-state index in [0.717, 1.165) is 38.1 Å². The van der Waals surface area contributed by atoms with Crippen LogP contribution in [0.5, 0.6) is 0 Å². The number of aromatic nitrogens is 1. The van der Waals surface area contributed by atoms with E-state index in [9.17, 15) is 5.11 Å². The summed E-state index contributed by atoms with van der Waals surface area (Å²) in [7, 11) is 0. The van der Waals surface area contributed by atoms with E-state index in [1.807, 2.05) is 31.3 Å². The van der Waals surface area contributed by atoms with Gasteiger partial charge in [-0.15, -0.1) is 35.3 Å². The first-order valence-corrected chi connectivity index (χ1v) is 11.1. The molecule has 0 saturated carbocycles. The lowest BCUT2D eigenvalue weighted by Gasteiger charge is -2.19. The minimum Gasteiger partial charge on any atom is -0.463 e. The van der Waals surface area contributed by atoms with Gasteiger partial charge >= 0.3 is 0 Å². The average Bonchev–Trinajstić information content (AvgIpc) is 3.29. The van der Waals surface area contributed by atoms with Crippen molar-refractivity contribution in [2.24, 2.45) is 4.99 Å². The molecule has 3 rings (SSSR count). The standard InChI is InChI=1S/C21H32N4O2S.HI/c1-4-22-20(24-14-21(3,26)18-12-11-15(2)27-18)23-13-7-10-19-25-16-8-5-6-9-17(16)28-19;/h11-12,26H,4-10,13-14H2,1-3H3,(H2,22,23,24);1H. The molecule has 0 aliphatic heterocycles. The SMILES string of the molecule is CCNC(=NCC(C)(O)c1ccc(C)o1)NCCCc1nc2c(s1)CCCC2.I. The van der Waals surface area contributed by atoms with Crippen molar-refractivity contribution < 1.29 is 9.52 Å². The number of fused-ring (bicyclic) bond motifs is 1. The topological polar surface area (TPSA) is 82.7 Å². The van der Waals surface area contributed by atoms with E-state index in [2.05, 4.69) is 15.6 Å². The van der Waals surface area contributed by atoms with Crippen LogP contribution in [0.15, 0.2) is 21.5 Å². The highest BCUT2D eigenvalue weighted by molar-refractivity contribution is 14.0. The summed E-state index contributed by atoms with van der Waals surface area (Å²) in [6.45, 7) is 7.45. The average molecular weight is 532 g/mol. The number of guanidine groups is 1. The van der Waals surface area contributed by atoms with Crippen LogP contribution in [0.1, 0.15) is 60.2 Å². The van der Waals surface area contributed by atoms with E-state index in [0.29, 0.717) is 11.7 Å². The molecule has 1 atom stereocenters. The molecule has 2 aromatic rings. The highest BCUT2D eigenvalue weighted by Gasteiger charge is 2.26. The molecule has 0 bridgehead atoms. The lowest BCUT2D eigenvalue weighted by Crippen LogP contribution is -2.39. The number of hydrogen-bond donors (Lipinski definition) is 3. The minimum absolute atomic E-state index is 0. The molecular formula is C21H33IN4O2S. The number of furan rings is 1. The zero-order chi connectivity index (χ0) is 20.0. The van der Waals surface area contributed by atoms with Crippen LogP contribution in [-0.4, -0.2) is 35.7 Å². The first kappa shape index (κ1) is 24.1. The van der Waals surface area contributed by atoms with Crippen molar-refractivity contribution in [1.29, 1.82) is 0 Å². The maximum atomic E-state index is 10.7. The van der Waals surface area contributed by atoms with Gasteiger partial charge in [0.15, 0.2) is 5.96 Å². The fraction of sp³-hybridized carbons (Fsp3) is 0.619. The van der Waals surface area contributed by atoms with E-state index < -0.39 is 5.60 Å². The molecule has 0 saturated heterocycles. The van der Waals surface area contributed by atoms with Crippen molar-refractivity contribution in [2.45, 2.75) is 64.9 Å². The van der Waals surface area contributed by atoms with Crippen molar-refractivity contribution in [2.75, 3.05) is 19.6 Å². The summed E-state index contributed by atoms with van der Waals surface area (Å²) in [5, 5.41) is 18.5. The molecule has 2 heterocycles. The Hall–Kier alpha value is -1.13. The summed E-state index contributed by atoms with van der Waals surface area (Å²) in [6, 6.07) is 3.66. The first-order valence-electron chi connectivity index (χ1n) is 10.3. The van der Waals surface area contributed by atoms with Crippen LogP contribution < -0.4 is 10.6 Å². The second-order valence-electron chi connectivity index (χ2n) is 7.59. The monoisotopic (exact) mass is 532 g/mol. The molecule has 6 nitrogen and oxygen atoms in total. The predicted molar refractivity (Wildman–Crippen MR) is 129 cm³/mol. The van der Waals surface area contributed by atoms with E-state index in [-0.39, 0.29) is 30.5 Å². The number of thiazole rings is 1. The van der Waals surface area contributed by atoms with Crippen LogP contribution in [0.3, 0.4) is 0 Å². The zero-order valence-corrected chi connectivity index (χ0v) is 20.7. The molecule has 1 aliphatic rings. The second-order valence-corrected chi connectivity index (χ2v) is 8.76. The van der Waals surface area contributed by atoms with Crippen molar-refractivity contribution in [3.63, 3.8) is 0 Å². The van der Waals surface area contributed by atoms with E-state index in [4.69, 9.17) is 9.40 Å². The van der Waals surface area contributed by atoms with Gasteiger partial charge in [-0.05, 0) is 65.0 Å². The van der Waals surface area contributed by atoms with Gasteiger partial charge < -0.3 is 20.2 Å². The Bertz CT molecular complexity index is 777. The van der Waals surface area contributed by atoms with Crippen molar-refractivity contribution >= 4 is 41.3 Å². The fourth-order valence-corrected chi connectivity index (χ4v) is 4.53. The summed E-state index contributed by atoms with van der Waals surface area (Å²) in [6.07, 6.45) is 6.94. The third kappa shape index (κ3) is 6.96. The van der Waals surface area contributed by atoms with E-state index >= 15 is 0 Å². The lowest BCUT2D eigenvalue weighted by molar-refractivity contribution is 0.0428. The number of hydrogen-bond acceptors (Lipinski definition) is 5. The minimum atomic E-state index is -1.13. The Morgan fingerprint density at radius 1 is 1.31 bits per heavy atom. The van der Waals surface area contributed by atoms with Crippen molar-refractivity contribution in [1.82, 2.24) is 15.6 Å². The molecule has 0 amide bonds. The third-order valence-corrected chi connectivity index (χ3v) is 6.13. The number of rotatable bonds is 8. The summed E-state index contributed by atoms with van der Waals surface area (Å²) in [4.78, 5) is 10.8. The molecule has 0 radical (unpaired) electrons. The van der Waals surface area contributed by atoms with Crippen LogP contribution >= 0.6 is 35.3 Å². The Morgan fingerprint density at radius 2 is 2.10 bits per heavy atom. The molecule has 1 aliphatic carbocycles. The van der Waals surface area contributed by atoms with Crippen LogP contribution in [0.2, 0.25) is 0 Å². The maximum Gasteiger partial charge on any atom is 0.191 e. The van der Waals surface area contributed by atoms with Crippen LogP contribution in [-0.2, 0) is 24.9 Å². The Morgan fingerprint density at radius 3 is 2.79 bits per heavy atom. The van der Waals surface area contributed by atoms with Crippen molar-refractivity contribution in [3.8, 4) is 0 Å². The zero-order valence-electron chi connectivity index (χ0n) is 17.6. The Labute approximate surface area is 194 Å². The van der Waals surface area contributed by atoms with Gasteiger partial charge in [0, 0.05) is 24.4 Å². The molecule has 1 unspecified atom stereocenters. The number of halogens is 1. The molecule has 29 heavy (non-hydrogen) atoms. The number of nitrogens with zero attached hydrogens (tertiary/aromatic N) is 2. The Balaban J connectivity index is 0.00000300. The molecule has 0 aromatic carbocycles. The molecule has 162 valence electrons. The molecule has 0 spiro atoms. The van der Waals surface area contributed by atoms with Gasteiger partial charge in [-0.25, -0.2) is 9.98 Å². The summed E-state index contributed by atoms with van der Waals surface area (Å²) < 4.78 is 5.56. The second kappa shape index (κ2) is 11.3. The van der Waals surface area contributed by atoms with Gasteiger partial charge in [-0.3, -0.25) is 0 Å². The highest BCUT2D eigenvalue weighted by Crippen LogP contribution is 2.27. The third-order valence-electron chi connectivity index (χ3n) is 4.91. The van der Waals surface area contributed by atoms with Gasteiger partial charge in [0.05, 0.1) is 17.2 Å². The first-order chi connectivity index (χ1) is 13.5. The Kier molecular flexibility index (Phi) is 9.42. The van der Waals surface area contributed by atoms with E-state index in [1.165, 1.54) is 34.8 Å². The quantitative estimate of drug-likeness (QED) is 0.208. The van der Waals surface area contributed by atoms with Crippen LogP contribution in [0, 0.1) is 6.92 Å². The molecular weight excluding hydrogens is 499 g/mol. The number of aryl methyl sites for hydroxylation is 4. The molecule has 0 fully saturated rings. The number of aliphatic hydroxyl groups is 1. The number of aliphatic imine (C=N–C) groups is 1. The van der Waals surface area contributed by atoms with Crippen LogP contribution in [0.4, 0.5) is 0 Å². The summed E-state index contributed by atoms with van der Waals surface area (Å²) in [5.41, 5.74) is 0.209. The lowest BCUT2D eigenvalue weighted by atomic mass is 10.0. The molecule has 8 heteroatoms. The van der Waals surface area contributed by atoms with Crippen molar-refractivity contribution in [3.05, 3.63) is 39.2 Å². The maximum absolute atomic E-state index is 10.7. The van der Waals surface area contributed by atoms with Gasteiger partial charge in [0.25, 0.3) is 0 Å². The summed E-state index contributed by atoms with van der Waals surface area (Å²) >= 11 is 1.89. The van der Waals surface area contributed by atoms with Gasteiger partial charge in [-0.1, -0.05) is 0 Å².